The molecule has 0 aliphatic rings. The van der Waals surface area contributed by atoms with E-state index in [4.69, 9.17) is 0 Å². The molecule has 0 saturated heterocycles. The molecule has 0 bridgehead atoms. The molecule has 2 aromatic heterocycles. The van der Waals surface area contributed by atoms with Gasteiger partial charge in [0, 0.05) is 38.4 Å². The summed E-state index contributed by atoms with van der Waals surface area (Å²) in [5.74, 6) is 0. The molecule has 0 aliphatic heterocycles. The normalized spacial score (nSPS) is 12.1. The van der Waals surface area contributed by atoms with E-state index in [0.29, 0.717) is 6.54 Å². The second kappa shape index (κ2) is 5.66. The number of nitrogens with zero attached hydrogens (tertiary/aromatic N) is 4. The van der Waals surface area contributed by atoms with Crippen molar-refractivity contribution in [3.63, 3.8) is 0 Å². The molecule has 20 heavy (non-hydrogen) atoms. The summed E-state index contributed by atoms with van der Waals surface area (Å²) in [5, 5.41) is 10.9. The lowest BCUT2D eigenvalue weighted by atomic mass is 10.2. The van der Waals surface area contributed by atoms with Gasteiger partial charge in [-0.05, 0) is 13.0 Å². The van der Waals surface area contributed by atoms with E-state index in [1.54, 1.807) is 4.68 Å². The van der Waals surface area contributed by atoms with Crippen LogP contribution in [0.25, 0.3) is 0 Å². The molecule has 0 atom stereocenters. The highest BCUT2D eigenvalue weighted by atomic mass is 19.4. The zero-order valence-corrected chi connectivity index (χ0v) is 11.3. The van der Waals surface area contributed by atoms with Gasteiger partial charge in [0.05, 0.1) is 11.9 Å². The molecular weight excluding hydrogens is 271 g/mol. The van der Waals surface area contributed by atoms with Crippen molar-refractivity contribution in [1.29, 1.82) is 0 Å². The van der Waals surface area contributed by atoms with Crippen molar-refractivity contribution in [3.05, 3.63) is 35.4 Å². The highest BCUT2D eigenvalue weighted by Gasteiger charge is 2.36. The molecule has 110 valence electrons. The highest BCUT2D eigenvalue weighted by Crippen LogP contribution is 2.31. The number of hydrogen-bond donors (Lipinski definition) is 1. The highest BCUT2D eigenvalue weighted by molar-refractivity contribution is 5.20. The van der Waals surface area contributed by atoms with E-state index in [2.05, 4.69) is 15.5 Å². The van der Waals surface area contributed by atoms with Crippen molar-refractivity contribution < 1.29 is 13.2 Å². The molecule has 1 N–H and O–H groups in total. The predicted octanol–water partition coefficient (Wildman–Crippen LogP) is 1.95. The summed E-state index contributed by atoms with van der Waals surface area (Å²) in [7, 11) is 1.29. The molecule has 0 aromatic carbocycles. The lowest BCUT2D eigenvalue weighted by Crippen LogP contribution is -2.19. The summed E-state index contributed by atoms with van der Waals surface area (Å²) in [4.78, 5) is 0. The molecule has 2 heterocycles. The van der Waals surface area contributed by atoms with Crippen molar-refractivity contribution in [1.82, 2.24) is 24.9 Å². The number of alkyl halides is 3. The van der Waals surface area contributed by atoms with Gasteiger partial charge < -0.3 is 5.32 Å². The summed E-state index contributed by atoms with van der Waals surface area (Å²) < 4.78 is 41.1. The zero-order chi connectivity index (χ0) is 14.8. The molecule has 5 nitrogen and oxygen atoms in total. The van der Waals surface area contributed by atoms with E-state index in [1.165, 1.54) is 13.2 Å². The standard InChI is InChI=1S/C12H16F3N5/c1-3-20-5-4-10(18-20)8-16-6-9-7-17-19(2)11(9)12(13,14)15/h4-5,7,16H,3,6,8H2,1-2H3. The topological polar surface area (TPSA) is 47.7 Å². The molecule has 0 unspecified atom stereocenters. The first kappa shape index (κ1) is 14.6. The van der Waals surface area contributed by atoms with Crippen LogP contribution in [-0.2, 0) is 32.9 Å². The van der Waals surface area contributed by atoms with Crippen LogP contribution >= 0.6 is 0 Å². The van der Waals surface area contributed by atoms with Crippen molar-refractivity contribution in [2.24, 2.45) is 7.05 Å². The van der Waals surface area contributed by atoms with Gasteiger partial charge in [-0.25, -0.2) is 0 Å². The molecule has 0 aliphatic carbocycles. The Labute approximate surface area is 114 Å². The third kappa shape index (κ3) is 3.19. The Morgan fingerprint density at radius 1 is 1.30 bits per heavy atom. The van der Waals surface area contributed by atoms with Gasteiger partial charge in [0.15, 0.2) is 0 Å². The lowest BCUT2D eigenvalue weighted by molar-refractivity contribution is -0.144. The molecule has 0 radical (unpaired) electrons. The van der Waals surface area contributed by atoms with Crippen LogP contribution in [0.4, 0.5) is 13.2 Å². The molecule has 2 aromatic rings. The first-order valence-electron chi connectivity index (χ1n) is 6.23. The number of hydrogen-bond acceptors (Lipinski definition) is 3. The van der Waals surface area contributed by atoms with E-state index in [-0.39, 0.29) is 12.1 Å². The van der Waals surface area contributed by atoms with E-state index in [0.717, 1.165) is 16.9 Å². The molecule has 2 rings (SSSR count). The first-order valence-corrected chi connectivity index (χ1v) is 6.23. The summed E-state index contributed by atoms with van der Waals surface area (Å²) in [6.07, 6.45) is -1.32. The SMILES string of the molecule is CCn1ccc(CNCc2cnn(C)c2C(F)(F)F)n1. The van der Waals surface area contributed by atoms with Crippen molar-refractivity contribution >= 4 is 0 Å². The third-order valence-corrected chi connectivity index (χ3v) is 2.92. The van der Waals surface area contributed by atoms with E-state index < -0.39 is 11.9 Å². The molecule has 0 fully saturated rings. The fraction of sp³-hybridized carbons (Fsp3) is 0.500. The number of rotatable bonds is 5. The summed E-state index contributed by atoms with van der Waals surface area (Å²) >= 11 is 0. The fourth-order valence-corrected chi connectivity index (χ4v) is 1.98. The van der Waals surface area contributed by atoms with Gasteiger partial charge in [0.25, 0.3) is 0 Å². The average molecular weight is 287 g/mol. The van der Waals surface area contributed by atoms with Crippen LogP contribution in [-0.4, -0.2) is 19.6 Å². The van der Waals surface area contributed by atoms with E-state index in [1.807, 2.05) is 19.2 Å². The molecule has 8 heteroatoms. The van der Waals surface area contributed by atoms with Gasteiger partial charge in [-0.2, -0.15) is 23.4 Å². The minimum atomic E-state index is -4.40. The Balaban J connectivity index is 1.98. The summed E-state index contributed by atoms with van der Waals surface area (Å²) in [6, 6.07) is 1.84. The largest absolute Gasteiger partial charge is 0.433 e. The Bertz CT molecular complexity index is 570. The molecular formula is C12H16F3N5. The number of halogens is 3. The van der Waals surface area contributed by atoms with Gasteiger partial charge in [-0.3, -0.25) is 9.36 Å². The monoisotopic (exact) mass is 287 g/mol. The Kier molecular flexibility index (Phi) is 4.12. The minimum Gasteiger partial charge on any atom is -0.307 e. The second-order valence-corrected chi connectivity index (χ2v) is 4.41. The predicted molar refractivity (Wildman–Crippen MR) is 66.7 cm³/mol. The van der Waals surface area contributed by atoms with E-state index >= 15 is 0 Å². The fourth-order valence-electron chi connectivity index (χ4n) is 1.98. The second-order valence-electron chi connectivity index (χ2n) is 4.41. The zero-order valence-electron chi connectivity index (χ0n) is 11.3. The van der Waals surface area contributed by atoms with Crippen molar-refractivity contribution in [2.45, 2.75) is 32.7 Å². The van der Waals surface area contributed by atoms with Crippen LogP contribution in [0.3, 0.4) is 0 Å². The van der Waals surface area contributed by atoms with Crippen molar-refractivity contribution in [2.75, 3.05) is 0 Å². The molecule has 0 spiro atoms. The van der Waals surface area contributed by atoms with Crippen LogP contribution in [0.1, 0.15) is 23.9 Å². The Morgan fingerprint density at radius 2 is 2.05 bits per heavy atom. The number of aromatic nitrogens is 4. The summed E-state index contributed by atoms with van der Waals surface area (Å²) in [6.45, 7) is 3.25. The lowest BCUT2D eigenvalue weighted by Gasteiger charge is -2.10. The quantitative estimate of drug-likeness (QED) is 0.914. The van der Waals surface area contributed by atoms with Gasteiger partial charge in [-0.15, -0.1) is 0 Å². The van der Waals surface area contributed by atoms with Gasteiger partial charge in [0.1, 0.15) is 5.69 Å². The Hall–Kier alpha value is -1.83. The number of nitrogens with one attached hydrogen (secondary N) is 1. The minimum absolute atomic E-state index is 0.0989. The van der Waals surface area contributed by atoms with E-state index in [9.17, 15) is 13.2 Å². The third-order valence-electron chi connectivity index (χ3n) is 2.92. The van der Waals surface area contributed by atoms with Gasteiger partial charge >= 0.3 is 6.18 Å². The van der Waals surface area contributed by atoms with Crippen molar-refractivity contribution in [3.8, 4) is 0 Å². The Morgan fingerprint density at radius 3 is 2.65 bits per heavy atom. The van der Waals surface area contributed by atoms with Crippen LogP contribution < -0.4 is 5.32 Å². The molecule has 0 amide bonds. The molecule has 0 saturated carbocycles. The maximum absolute atomic E-state index is 12.8. The smallest absolute Gasteiger partial charge is 0.307 e. The maximum atomic E-state index is 12.8. The van der Waals surface area contributed by atoms with Crippen LogP contribution in [0, 0.1) is 0 Å². The number of aryl methyl sites for hydroxylation is 2. The maximum Gasteiger partial charge on any atom is 0.433 e. The average Bonchev–Trinajstić information content (AvgIpc) is 2.95. The summed E-state index contributed by atoms with van der Waals surface area (Å²) in [5.41, 5.74) is 0.211. The van der Waals surface area contributed by atoms with Crippen LogP contribution in [0.15, 0.2) is 18.5 Å². The van der Waals surface area contributed by atoms with Gasteiger partial charge in [0.2, 0.25) is 0 Å². The van der Waals surface area contributed by atoms with Crippen LogP contribution in [0.2, 0.25) is 0 Å². The van der Waals surface area contributed by atoms with Crippen LogP contribution in [0.5, 0.6) is 0 Å². The van der Waals surface area contributed by atoms with Gasteiger partial charge in [-0.1, -0.05) is 0 Å². The first-order chi connectivity index (χ1) is 9.41.